The van der Waals surface area contributed by atoms with E-state index in [1.807, 2.05) is 12.3 Å². The Labute approximate surface area is 213 Å². The summed E-state index contributed by atoms with van der Waals surface area (Å²) in [5.41, 5.74) is 6.48. The summed E-state index contributed by atoms with van der Waals surface area (Å²) in [5, 5.41) is 11.6. The number of hydrogen-bond donors (Lipinski definition) is 3. The highest BCUT2D eigenvalue weighted by Gasteiger charge is 2.38. The Morgan fingerprint density at radius 1 is 1.03 bits per heavy atom. The van der Waals surface area contributed by atoms with Gasteiger partial charge in [-0.15, -0.1) is 0 Å². The molecule has 0 aliphatic carbocycles. The van der Waals surface area contributed by atoms with Crippen molar-refractivity contribution in [2.75, 3.05) is 6.54 Å². The van der Waals surface area contributed by atoms with Crippen LogP contribution in [0.2, 0.25) is 0 Å². The van der Waals surface area contributed by atoms with E-state index in [9.17, 15) is 13.2 Å². The van der Waals surface area contributed by atoms with Crippen LogP contribution >= 0.6 is 15.9 Å². The number of aromatic nitrogens is 2. The minimum absolute atomic E-state index is 0.0523. The molecule has 1 aliphatic heterocycles. The predicted molar refractivity (Wildman–Crippen MR) is 137 cm³/mol. The van der Waals surface area contributed by atoms with Crippen molar-refractivity contribution in [3.05, 3.63) is 76.9 Å². The molecule has 10 heteroatoms. The number of aromatic amines is 1. The summed E-state index contributed by atoms with van der Waals surface area (Å²) in [6.07, 6.45) is -3.26. The van der Waals surface area contributed by atoms with Crippen LogP contribution in [0.1, 0.15) is 19.4 Å². The van der Waals surface area contributed by atoms with Gasteiger partial charge in [0, 0.05) is 33.7 Å². The summed E-state index contributed by atoms with van der Waals surface area (Å²) >= 11 is 3.57. The highest BCUT2D eigenvalue weighted by Crippen LogP contribution is 2.38. The summed E-state index contributed by atoms with van der Waals surface area (Å²) in [5.74, 6) is -1.79. The Kier molecular flexibility index (Phi) is 6.90. The highest BCUT2D eigenvalue weighted by atomic mass is 79.9. The number of nitrogens with one attached hydrogen (secondary N) is 2. The van der Waals surface area contributed by atoms with Crippen molar-refractivity contribution >= 4 is 38.8 Å². The maximum Gasteiger partial charge on any atom is 0.490 e. The summed E-state index contributed by atoms with van der Waals surface area (Å²) in [4.78, 5) is 21.8. The van der Waals surface area contributed by atoms with E-state index in [2.05, 4.69) is 99.7 Å². The Hall–Kier alpha value is -3.66. The maximum atomic E-state index is 10.6. The molecule has 0 radical (unpaired) electrons. The van der Waals surface area contributed by atoms with Gasteiger partial charge in [0.2, 0.25) is 0 Å². The lowest BCUT2D eigenvalue weighted by Gasteiger charge is -2.09. The van der Waals surface area contributed by atoms with E-state index in [4.69, 9.17) is 14.9 Å². The van der Waals surface area contributed by atoms with Crippen LogP contribution in [-0.2, 0) is 4.79 Å². The molecule has 36 heavy (non-hydrogen) atoms. The van der Waals surface area contributed by atoms with Crippen molar-refractivity contribution in [3.63, 3.8) is 0 Å². The lowest BCUT2D eigenvalue weighted by atomic mass is 9.98. The zero-order valence-corrected chi connectivity index (χ0v) is 20.9. The monoisotopic (exact) mass is 558 g/mol. The molecule has 0 amide bonds. The Morgan fingerprint density at radius 3 is 2.19 bits per heavy atom. The molecular formula is C26H22BrF3N4O2. The van der Waals surface area contributed by atoms with E-state index < -0.39 is 12.1 Å². The van der Waals surface area contributed by atoms with Gasteiger partial charge in [-0.05, 0) is 47.0 Å². The number of H-pyrrole nitrogens is 1. The molecule has 1 aliphatic rings. The summed E-state index contributed by atoms with van der Waals surface area (Å²) in [7, 11) is 0. The third kappa shape index (κ3) is 5.59. The first kappa shape index (κ1) is 25.4. The van der Waals surface area contributed by atoms with Crippen LogP contribution in [0.25, 0.3) is 33.4 Å². The molecule has 0 fully saturated rings. The SMILES string of the molecule is CC1(C)CNC(c2ccc(-c3c(-c4ccccc4)[nH]c4ncc(Br)cc34)cc2)=N1.O=C(O)C(F)(F)F. The van der Waals surface area contributed by atoms with Gasteiger partial charge in [-0.25, -0.2) is 9.78 Å². The highest BCUT2D eigenvalue weighted by molar-refractivity contribution is 9.10. The van der Waals surface area contributed by atoms with Gasteiger partial charge >= 0.3 is 12.1 Å². The van der Waals surface area contributed by atoms with Gasteiger partial charge in [-0.3, -0.25) is 4.99 Å². The van der Waals surface area contributed by atoms with Gasteiger partial charge in [-0.2, -0.15) is 13.2 Å². The first-order valence-corrected chi connectivity index (χ1v) is 11.7. The van der Waals surface area contributed by atoms with Crippen molar-refractivity contribution < 1.29 is 23.1 Å². The lowest BCUT2D eigenvalue weighted by molar-refractivity contribution is -0.192. The van der Waals surface area contributed by atoms with Gasteiger partial charge in [0.1, 0.15) is 11.5 Å². The van der Waals surface area contributed by atoms with Crippen LogP contribution in [-0.4, -0.2) is 45.1 Å². The van der Waals surface area contributed by atoms with E-state index in [1.54, 1.807) is 0 Å². The van der Waals surface area contributed by atoms with Gasteiger partial charge in [0.15, 0.2) is 0 Å². The van der Waals surface area contributed by atoms with E-state index in [1.165, 1.54) is 0 Å². The molecular weight excluding hydrogens is 537 g/mol. The molecule has 0 saturated carbocycles. The van der Waals surface area contributed by atoms with Crippen molar-refractivity contribution in [3.8, 4) is 22.4 Å². The number of benzene rings is 2. The molecule has 5 rings (SSSR count). The van der Waals surface area contributed by atoms with Crippen molar-refractivity contribution in [1.82, 2.24) is 15.3 Å². The van der Waals surface area contributed by atoms with E-state index in [-0.39, 0.29) is 5.54 Å². The number of carboxylic acids is 1. The number of pyridine rings is 1. The second kappa shape index (κ2) is 9.77. The molecule has 0 bridgehead atoms. The number of nitrogens with zero attached hydrogens (tertiary/aromatic N) is 2. The minimum atomic E-state index is -5.08. The third-order valence-electron chi connectivity index (χ3n) is 5.47. The molecule has 2 aromatic carbocycles. The Morgan fingerprint density at radius 2 is 1.64 bits per heavy atom. The standard InChI is InChI=1S/C24H21BrN4.C2HF3O2/c1-24(2)14-27-22(29-24)17-10-8-15(9-11-17)20-19-12-18(25)13-26-23(19)28-21(20)16-6-4-3-5-7-16;3-2(4,5)1(6)7/h3-13H,14H2,1-2H3,(H,26,28)(H,27,29);(H,6,7). The van der Waals surface area contributed by atoms with E-state index >= 15 is 0 Å². The number of alkyl halides is 3. The topological polar surface area (TPSA) is 90.4 Å². The number of aliphatic imine (C=N–C) groups is 1. The van der Waals surface area contributed by atoms with Crippen LogP contribution in [0, 0.1) is 0 Å². The van der Waals surface area contributed by atoms with E-state index in [0.717, 1.165) is 55.8 Å². The fourth-order valence-electron chi connectivity index (χ4n) is 3.81. The first-order valence-electron chi connectivity index (χ1n) is 10.9. The number of aliphatic carboxylic acids is 1. The fraction of sp³-hybridized carbons (Fsp3) is 0.192. The van der Waals surface area contributed by atoms with Crippen LogP contribution in [0.5, 0.6) is 0 Å². The van der Waals surface area contributed by atoms with Gasteiger partial charge in [0.25, 0.3) is 0 Å². The number of amidine groups is 1. The number of rotatable bonds is 3. The number of carbonyl (C=O) groups is 1. The van der Waals surface area contributed by atoms with Crippen LogP contribution in [0.4, 0.5) is 13.2 Å². The summed E-state index contributed by atoms with van der Waals surface area (Å²) in [6.45, 7) is 5.15. The molecule has 6 nitrogen and oxygen atoms in total. The molecule has 2 aromatic heterocycles. The molecule has 0 unspecified atom stereocenters. The smallest absolute Gasteiger partial charge is 0.475 e. The average Bonchev–Trinajstić information content (AvgIpc) is 3.39. The lowest BCUT2D eigenvalue weighted by Crippen LogP contribution is -2.26. The van der Waals surface area contributed by atoms with Crippen molar-refractivity contribution in [1.29, 1.82) is 0 Å². The van der Waals surface area contributed by atoms with Gasteiger partial charge < -0.3 is 15.4 Å². The third-order valence-corrected chi connectivity index (χ3v) is 5.91. The average molecular weight is 559 g/mol. The zero-order chi connectivity index (χ0) is 26.1. The van der Waals surface area contributed by atoms with Crippen LogP contribution in [0.15, 0.2) is 76.3 Å². The zero-order valence-electron chi connectivity index (χ0n) is 19.3. The van der Waals surface area contributed by atoms with Crippen LogP contribution < -0.4 is 5.32 Å². The molecule has 0 spiro atoms. The molecule has 4 aromatic rings. The Balaban J connectivity index is 0.000000384. The number of carboxylic acid groups (broad SMARTS) is 1. The maximum absolute atomic E-state index is 10.6. The quantitative estimate of drug-likeness (QED) is 0.270. The Bertz CT molecular complexity index is 1430. The van der Waals surface area contributed by atoms with Gasteiger partial charge in [-0.1, -0.05) is 54.6 Å². The molecule has 0 saturated heterocycles. The molecule has 3 heterocycles. The van der Waals surface area contributed by atoms with Crippen molar-refractivity contribution in [2.45, 2.75) is 25.6 Å². The predicted octanol–water partition coefficient (Wildman–Crippen LogP) is 6.42. The second-order valence-electron chi connectivity index (χ2n) is 8.80. The number of halogens is 4. The molecule has 186 valence electrons. The first-order chi connectivity index (χ1) is 16.9. The molecule has 0 atom stereocenters. The minimum Gasteiger partial charge on any atom is -0.475 e. The fourth-order valence-corrected chi connectivity index (χ4v) is 4.14. The number of fused-ring (bicyclic) bond motifs is 1. The summed E-state index contributed by atoms with van der Waals surface area (Å²) < 4.78 is 32.7. The molecule has 3 N–H and O–H groups in total. The summed E-state index contributed by atoms with van der Waals surface area (Å²) in [6, 6.07) is 21.1. The second-order valence-corrected chi connectivity index (χ2v) is 9.71. The number of hydrogen-bond acceptors (Lipinski definition) is 4. The largest absolute Gasteiger partial charge is 0.490 e. The van der Waals surface area contributed by atoms with Crippen molar-refractivity contribution in [2.24, 2.45) is 4.99 Å². The van der Waals surface area contributed by atoms with Crippen LogP contribution in [0.3, 0.4) is 0 Å². The van der Waals surface area contributed by atoms with Gasteiger partial charge in [0.05, 0.1) is 11.2 Å². The van der Waals surface area contributed by atoms with E-state index in [0.29, 0.717) is 0 Å². The normalized spacial score (nSPS) is 14.6.